The van der Waals surface area contributed by atoms with Gasteiger partial charge in [0, 0.05) is 30.8 Å². The van der Waals surface area contributed by atoms with Crippen LogP contribution >= 0.6 is 0 Å². The summed E-state index contributed by atoms with van der Waals surface area (Å²) in [5.41, 5.74) is -0.568. The van der Waals surface area contributed by atoms with Crippen LogP contribution in [0.15, 0.2) is 97.1 Å². The van der Waals surface area contributed by atoms with Crippen molar-refractivity contribution in [2.24, 2.45) is 0 Å². The first-order valence-corrected chi connectivity index (χ1v) is 12.5. The van der Waals surface area contributed by atoms with Crippen LogP contribution in [0.5, 0.6) is 0 Å². The van der Waals surface area contributed by atoms with E-state index in [4.69, 9.17) is 0 Å². The molecule has 0 aliphatic carbocycles. The van der Waals surface area contributed by atoms with Gasteiger partial charge in [-0.2, -0.15) is 26.3 Å². The Hall–Kier alpha value is -3.73. The topological polar surface area (TPSA) is 57.2 Å². The summed E-state index contributed by atoms with van der Waals surface area (Å²) in [6.45, 7) is 0.678. The molecule has 4 rings (SSSR count). The zero-order valence-corrected chi connectivity index (χ0v) is 21.2. The highest BCUT2D eigenvalue weighted by molar-refractivity contribution is 5.60. The molecule has 0 saturated heterocycles. The van der Waals surface area contributed by atoms with Crippen molar-refractivity contribution in [2.75, 3.05) is 19.6 Å². The highest BCUT2D eigenvalue weighted by atomic mass is 19.4. The van der Waals surface area contributed by atoms with E-state index in [1.165, 1.54) is 6.07 Å². The van der Waals surface area contributed by atoms with Gasteiger partial charge in [-0.25, -0.2) is 4.98 Å². The van der Waals surface area contributed by atoms with Gasteiger partial charge in [0.2, 0.25) is 0 Å². The standard InChI is InChI=1S/C30H27F6N3O/c31-29(32,33)23-13-11-20(12-14-23)25-16-15-24(28(39-25)30(34,35)36)26(40)19-37-17-18-38-27(21-7-3-1-4-8-21)22-9-5-2-6-10-22/h1-16,26-27,37-38,40H,17-19H2/t26-/m0/s1. The lowest BCUT2D eigenvalue weighted by Gasteiger charge is -2.21. The molecule has 4 nitrogen and oxygen atoms in total. The summed E-state index contributed by atoms with van der Waals surface area (Å²) < 4.78 is 80.0. The van der Waals surface area contributed by atoms with E-state index in [1.807, 2.05) is 60.7 Å². The summed E-state index contributed by atoms with van der Waals surface area (Å²) in [4.78, 5) is 3.66. The van der Waals surface area contributed by atoms with Crippen molar-refractivity contribution in [3.8, 4) is 11.3 Å². The number of hydrogen-bond donors (Lipinski definition) is 3. The Balaban J connectivity index is 1.40. The summed E-state index contributed by atoms with van der Waals surface area (Å²) >= 11 is 0. The first-order valence-electron chi connectivity index (χ1n) is 12.5. The molecule has 1 atom stereocenters. The molecule has 0 aliphatic rings. The largest absolute Gasteiger partial charge is 0.433 e. The van der Waals surface area contributed by atoms with Crippen LogP contribution in [-0.4, -0.2) is 29.7 Å². The predicted molar refractivity (Wildman–Crippen MR) is 140 cm³/mol. The molecule has 3 N–H and O–H groups in total. The van der Waals surface area contributed by atoms with Gasteiger partial charge in [-0.15, -0.1) is 0 Å². The van der Waals surface area contributed by atoms with E-state index in [-0.39, 0.29) is 23.8 Å². The van der Waals surface area contributed by atoms with E-state index < -0.39 is 35.3 Å². The minimum absolute atomic E-state index is 0.0899. The number of pyridine rings is 1. The minimum Gasteiger partial charge on any atom is -0.387 e. The van der Waals surface area contributed by atoms with Gasteiger partial charge in [0.05, 0.1) is 23.4 Å². The summed E-state index contributed by atoms with van der Waals surface area (Å²) in [5.74, 6) is 0. The van der Waals surface area contributed by atoms with Gasteiger partial charge in [0.15, 0.2) is 5.69 Å². The summed E-state index contributed by atoms with van der Waals surface area (Å²) in [6, 6.07) is 25.6. The molecule has 0 fully saturated rings. The fraction of sp³-hybridized carbons (Fsp3) is 0.233. The number of hydrogen-bond acceptors (Lipinski definition) is 4. The van der Waals surface area contributed by atoms with Crippen molar-refractivity contribution in [3.05, 3.63) is 125 Å². The van der Waals surface area contributed by atoms with Crippen molar-refractivity contribution < 1.29 is 31.4 Å². The zero-order valence-electron chi connectivity index (χ0n) is 21.2. The van der Waals surface area contributed by atoms with Crippen molar-refractivity contribution in [2.45, 2.75) is 24.5 Å². The molecule has 40 heavy (non-hydrogen) atoms. The highest BCUT2D eigenvalue weighted by Crippen LogP contribution is 2.36. The van der Waals surface area contributed by atoms with Crippen LogP contribution in [0.3, 0.4) is 0 Å². The van der Waals surface area contributed by atoms with Crippen molar-refractivity contribution >= 4 is 0 Å². The lowest BCUT2D eigenvalue weighted by atomic mass is 9.99. The van der Waals surface area contributed by atoms with Gasteiger partial charge in [0.25, 0.3) is 0 Å². The SMILES string of the molecule is O[C@@H](CNCCNC(c1ccccc1)c1ccccc1)c1ccc(-c2ccc(C(F)(F)F)cc2)nc1C(F)(F)F. The zero-order chi connectivity index (χ0) is 28.8. The van der Waals surface area contributed by atoms with Gasteiger partial charge < -0.3 is 15.7 Å². The number of alkyl halides is 6. The minimum atomic E-state index is -4.88. The molecule has 4 aromatic rings. The van der Waals surface area contributed by atoms with E-state index in [9.17, 15) is 31.4 Å². The predicted octanol–water partition coefficient (Wildman–Crippen LogP) is 6.79. The molecule has 0 unspecified atom stereocenters. The van der Waals surface area contributed by atoms with Crippen molar-refractivity contribution in [3.63, 3.8) is 0 Å². The smallest absolute Gasteiger partial charge is 0.387 e. The number of rotatable bonds is 10. The molecule has 10 heteroatoms. The van der Waals surface area contributed by atoms with Crippen LogP contribution < -0.4 is 10.6 Å². The lowest BCUT2D eigenvalue weighted by molar-refractivity contribution is -0.142. The van der Waals surface area contributed by atoms with Gasteiger partial charge >= 0.3 is 12.4 Å². The molecule has 0 amide bonds. The van der Waals surface area contributed by atoms with Crippen LogP contribution in [0, 0.1) is 0 Å². The molecular weight excluding hydrogens is 532 g/mol. The fourth-order valence-corrected chi connectivity index (χ4v) is 4.33. The number of nitrogens with one attached hydrogen (secondary N) is 2. The third-order valence-electron chi connectivity index (χ3n) is 6.32. The van der Waals surface area contributed by atoms with Gasteiger partial charge in [-0.3, -0.25) is 0 Å². The third-order valence-corrected chi connectivity index (χ3v) is 6.32. The van der Waals surface area contributed by atoms with Gasteiger partial charge in [-0.05, 0) is 29.3 Å². The second kappa shape index (κ2) is 12.6. The molecule has 0 saturated carbocycles. The molecule has 3 aromatic carbocycles. The van der Waals surface area contributed by atoms with E-state index in [2.05, 4.69) is 15.6 Å². The van der Waals surface area contributed by atoms with Crippen LogP contribution in [0.4, 0.5) is 26.3 Å². The molecule has 0 aliphatic heterocycles. The number of halogens is 6. The summed E-state index contributed by atoms with van der Waals surface area (Å²) in [5, 5.41) is 17.0. The average Bonchev–Trinajstić information content (AvgIpc) is 2.94. The number of aliphatic hydroxyl groups excluding tert-OH is 1. The lowest BCUT2D eigenvalue weighted by Crippen LogP contribution is -2.33. The Morgan fingerprint density at radius 2 is 1.25 bits per heavy atom. The molecular formula is C30H27F6N3O. The Labute approximate surface area is 227 Å². The van der Waals surface area contributed by atoms with E-state index >= 15 is 0 Å². The van der Waals surface area contributed by atoms with Crippen LogP contribution in [0.25, 0.3) is 11.3 Å². The Kier molecular flexibility index (Phi) is 9.24. The van der Waals surface area contributed by atoms with Gasteiger partial charge in [0.1, 0.15) is 0 Å². The molecule has 0 bridgehead atoms. The summed E-state index contributed by atoms with van der Waals surface area (Å²) in [6.07, 6.45) is -11.0. The number of aromatic nitrogens is 1. The first-order chi connectivity index (χ1) is 19.0. The second-order valence-electron chi connectivity index (χ2n) is 9.14. The maximum atomic E-state index is 13.8. The number of nitrogens with zero attached hydrogens (tertiary/aromatic N) is 1. The normalized spacial score (nSPS) is 13.0. The molecule has 0 radical (unpaired) electrons. The fourth-order valence-electron chi connectivity index (χ4n) is 4.33. The highest BCUT2D eigenvalue weighted by Gasteiger charge is 2.37. The molecule has 1 aromatic heterocycles. The van der Waals surface area contributed by atoms with E-state index in [1.54, 1.807) is 0 Å². The Morgan fingerprint density at radius 1 is 0.675 bits per heavy atom. The van der Waals surface area contributed by atoms with Crippen LogP contribution in [-0.2, 0) is 12.4 Å². The quantitative estimate of drug-likeness (QED) is 0.148. The maximum Gasteiger partial charge on any atom is 0.433 e. The van der Waals surface area contributed by atoms with E-state index in [0.29, 0.717) is 13.1 Å². The Bertz CT molecular complexity index is 1320. The Morgan fingerprint density at radius 3 is 1.77 bits per heavy atom. The maximum absolute atomic E-state index is 13.8. The molecule has 210 valence electrons. The van der Waals surface area contributed by atoms with Crippen LogP contribution in [0.2, 0.25) is 0 Å². The monoisotopic (exact) mass is 559 g/mol. The van der Waals surface area contributed by atoms with Crippen LogP contribution in [0.1, 0.15) is 40.1 Å². The van der Waals surface area contributed by atoms with E-state index in [0.717, 1.165) is 41.5 Å². The average molecular weight is 560 g/mol. The molecule has 0 spiro atoms. The second-order valence-corrected chi connectivity index (χ2v) is 9.14. The molecule has 1 heterocycles. The summed E-state index contributed by atoms with van der Waals surface area (Å²) in [7, 11) is 0. The van der Waals surface area contributed by atoms with Crippen molar-refractivity contribution in [1.82, 2.24) is 15.6 Å². The first kappa shape index (κ1) is 29.3. The number of benzene rings is 3. The third kappa shape index (κ3) is 7.47. The van der Waals surface area contributed by atoms with Crippen molar-refractivity contribution in [1.29, 1.82) is 0 Å². The number of aliphatic hydroxyl groups is 1. The van der Waals surface area contributed by atoms with Gasteiger partial charge in [-0.1, -0.05) is 78.9 Å².